The lowest BCUT2D eigenvalue weighted by molar-refractivity contribution is 0.0888. The highest BCUT2D eigenvalue weighted by atomic mass is 16.2. The molecular weight excluding hydrogens is 230 g/mol. The minimum absolute atomic E-state index is 0.176. The van der Waals surface area contributed by atoms with Gasteiger partial charge in [-0.2, -0.15) is 0 Å². The lowest BCUT2D eigenvalue weighted by Crippen LogP contribution is -2.52. The van der Waals surface area contributed by atoms with Crippen LogP contribution in [0.3, 0.4) is 0 Å². The van der Waals surface area contributed by atoms with Gasteiger partial charge in [0.25, 0.3) is 5.91 Å². The van der Waals surface area contributed by atoms with E-state index in [1.807, 2.05) is 13.8 Å². The Morgan fingerprint density at radius 1 is 1.56 bits per heavy atom. The van der Waals surface area contributed by atoms with E-state index in [9.17, 15) is 4.79 Å². The van der Waals surface area contributed by atoms with E-state index in [2.05, 4.69) is 34.3 Å². The summed E-state index contributed by atoms with van der Waals surface area (Å²) in [6, 6.07) is 0. The molecule has 0 aliphatic rings. The molecule has 1 unspecified atom stereocenters. The van der Waals surface area contributed by atoms with E-state index in [0.29, 0.717) is 18.3 Å². The average Bonchev–Trinajstić information content (AvgIpc) is 2.76. The molecule has 0 aromatic carbocycles. The topological polar surface area (TPSA) is 96.7 Å². The number of hydrogen-bond donors (Lipinski definition) is 3. The van der Waals surface area contributed by atoms with Crippen LogP contribution in [0.1, 0.15) is 50.6 Å². The standard InChI is InChI=1S/C12H23N5O/c1-5-9-14-10(17-16-9)11(18)15-12(4,7-13)6-8(2)3/h8H,5-7,13H2,1-4H3,(H,15,18)(H,14,16,17). The Hall–Kier alpha value is -1.43. The van der Waals surface area contributed by atoms with Gasteiger partial charge in [0.05, 0.1) is 5.54 Å². The number of H-pyrrole nitrogens is 1. The fourth-order valence-electron chi connectivity index (χ4n) is 1.97. The van der Waals surface area contributed by atoms with E-state index in [-0.39, 0.29) is 11.7 Å². The molecule has 0 bridgehead atoms. The van der Waals surface area contributed by atoms with E-state index in [1.165, 1.54) is 0 Å². The fourth-order valence-corrected chi connectivity index (χ4v) is 1.97. The highest BCUT2D eigenvalue weighted by Gasteiger charge is 2.27. The van der Waals surface area contributed by atoms with Gasteiger partial charge in [-0.25, -0.2) is 4.98 Å². The van der Waals surface area contributed by atoms with Gasteiger partial charge in [-0.1, -0.05) is 20.8 Å². The normalized spacial score (nSPS) is 14.6. The number of carbonyl (C=O) groups excluding carboxylic acids is 1. The molecule has 0 fully saturated rings. The Balaban J connectivity index is 2.72. The highest BCUT2D eigenvalue weighted by molar-refractivity contribution is 5.90. The fraction of sp³-hybridized carbons (Fsp3) is 0.750. The Bertz CT molecular complexity index is 401. The maximum atomic E-state index is 12.0. The monoisotopic (exact) mass is 253 g/mol. The molecule has 0 aliphatic heterocycles. The lowest BCUT2D eigenvalue weighted by atomic mass is 9.90. The number of nitrogens with one attached hydrogen (secondary N) is 2. The van der Waals surface area contributed by atoms with Crippen LogP contribution in [0.4, 0.5) is 0 Å². The first-order chi connectivity index (χ1) is 8.40. The molecule has 0 radical (unpaired) electrons. The van der Waals surface area contributed by atoms with Crippen molar-refractivity contribution < 1.29 is 4.79 Å². The smallest absolute Gasteiger partial charge is 0.291 e. The summed E-state index contributed by atoms with van der Waals surface area (Å²) in [5.74, 6) is 1.06. The van der Waals surface area contributed by atoms with Gasteiger partial charge in [-0.15, -0.1) is 5.10 Å². The van der Waals surface area contributed by atoms with Crippen molar-refractivity contribution >= 4 is 5.91 Å². The Labute approximate surface area is 108 Å². The Kier molecular flexibility index (Phi) is 4.84. The minimum atomic E-state index is -0.418. The zero-order valence-electron chi connectivity index (χ0n) is 11.6. The first-order valence-electron chi connectivity index (χ1n) is 6.34. The molecule has 6 nitrogen and oxygen atoms in total. The number of hydrogen-bond acceptors (Lipinski definition) is 4. The van der Waals surface area contributed by atoms with Crippen LogP contribution in [0, 0.1) is 5.92 Å². The number of aryl methyl sites for hydroxylation is 1. The van der Waals surface area contributed by atoms with Gasteiger partial charge in [0.1, 0.15) is 5.82 Å². The van der Waals surface area contributed by atoms with Crippen LogP contribution in [-0.2, 0) is 6.42 Å². The Morgan fingerprint density at radius 2 is 2.22 bits per heavy atom. The van der Waals surface area contributed by atoms with Crippen molar-refractivity contribution in [2.75, 3.05) is 6.54 Å². The van der Waals surface area contributed by atoms with E-state index < -0.39 is 5.54 Å². The van der Waals surface area contributed by atoms with Crippen LogP contribution in [0.5, 0.6) is 0 Å². The molecule has 1 atom stereocenters. The van der Waals surface area contributed by atoms with Crippen molar-refractivity contribution in [2.45, 2.75) is 46.1 Å². The van der Waals surface area contributed by atoms with Crippen molar-refractivity contribution in [3.05, 3.63) is 11.6 Å². The number of rotatable bonds is 6. The molecule has 0 saturated heterocycles. The van der Waals surface area contributed by atoms with Gasteiger partial charge < -0.3 is 11.1 Å². The molecule has 6 heteroatoms. The average molecular weight is 253 g/mol. The maximum absolute atomic E-state index is 12.0. The van der Waals surface area contributed by atoms with Crippen LogP contribution >= 0.6 is 0 Å². The van der Waals surface area contributed by atoms with E-state index in [4.69, 9.17) is 5.73 Å². The number of aromatic nitrogens is 3. The molecule has 1 aromatic heterocycles. The van der Waals surface area contributed by atoms with Gasteiger partial charge in [-0.05, 0) is 19.3 Å². The number of nitrogens with two attached hydrogens (primary N) is 1. The molecule has 1 heterocycles. The van der Waals surface area contributed by atoms with Crippen LogP contribution in [-0.4, -0.2) is 33.2 Å². The zero-order chi connectivity index (χ0) is 13.8. The van der Waals surface area contributed by atoms with Crippen molar-refractivity contribution in [2.24, 2.45) is 11.7 Å². The molecular formula is C12H23N5O. The molecule has 1 amide bonds. The predicted molar refractivity (Wildman–Crippen MR) is 70.1 cm³/mol. The van der Waals surface area contributed by atoms with Gasteiger partial charge >= 0.3 is 0 Å². The largest absolute Gasteiger partial charge is 0.343 e. The lowest BCUT2D eigenvalue weighted by Gasteiger charge is -2.30. The highest BCUT2D eigenvalue weighted by Crippen LogP contribution is 2.15. The number of carbonyl (C=O) groups is 1. The molecule has 4 N–H and O–H groups in total. The number of nitrogens with zero attached hydrogens (tertiary/aromatic N) is 2. The summed E-state index contributed by atoms with van der Waals surface area (Å²) in [5, 5.41) is 9.54. The molecule has 102 valence electrons. The Morgan fingerprint density at radius 3 is 2.67 bits per heavy atom. The van der Waals surface area contributed by atoms with Gasteiger partial charge in [0, 0.05) is 13.0 Å². The molecule has 18 heavy (non-hydrogen) atoms. The van der Waals surface area contributed by atoms with Crippen molar-refractivity contribution in [1.29, 1.82) is 0 Å². The van der Waals surface area contributed by atoms with Crippen molar-refractivity contribution in [3.8, 4) is 0 Å². The van der Waals surface area contributed by atoms with Gasteiger partial charge in [0.2, 0.25) is 5.82 Å². The maximum Gasteiger partial charge on any atom is 0.291 e. The molecule has 0 spiro atoms. The van der Waals surface area contributed by atoms with Crippen LogP contribution in [0.2, 0.25) is 0 Å². The zero-order valence-corrected chi connectivity index (χ0v) is 11.6. The summed E-state index contributed by atoms with van der Waals surface area (Å²) in [5.41, 5.74) is 5.33. The van der Waals surface area contributed by atoms with Crippen LogP contribution < -0.4 is 11.1 Å². The molecule has 0 saturated carbocycles. The van der Waals surface area contributed by atoms with Gasteiger partial charge in [0.15, 0.2) is 0 Å². The first kappa shape index (κ1) is 14.6. The predicted octanol–water partition coefficient (Wildman–Crippen LogP) is 0.860. The third kappa shape index (κ3) is 3.80. The SMILES string of the molecule is CCc1nc(C(=O)NC(C)(CN)CC(C)C)n[nH]1. The van der Waals surface area contributed by atoms with E-state index >= 15 is 0 Å². The summed E-state index contributed by atoms with van der Waals surface area (Å²) in [7, 11) is 0. The minimum Gasteiger partial charge on any atom is -0.343 e. The second-order valence-corrected chi connectivity index (χ2v) is 5.28. The second-order valence-electron chi connectivity index (χ2n) is 5.28. The van der Waals surface area contributed by atoms with Crippen LogP contribution in [0.15, 0.2) is 0 Å². The third-order valence-corrected chi connectivity index (χ3v) is 2.79. The third-order valence-electron chi connectivity index (χ3n) is 2.79. The molecule has 1 rings (SSSR count). The van der Waals surface area contributed by atoms with Crippen molar-refractivity contribution in [1.82, 2.24) is 20.5 Å². The quantitative estimate of drug-likeness (QED) is 0.700. The summed E-state index contributed by atoms with van der Waals surface area (Å²) >= 11 is 0. The molecule has 1 aromatic rings. The second kappa shape index (κ2) is 5.95. The first-order valence-corrected chi connectivity index (χ1v) is 6.34. The summed E-state index contributed by atoms with van der Waals surface area (Å²) in [6.07, 6.45) is 1.54. The summed E-state index contributed by atoms with van der Waals surface area (Å²) in [6.45, 7) is 8.48. The number of aromatic amines is 1. The van der Waals surface area contributed by atoms with Gasteiger partial charge in [-0.3, -0.25) is 9.89 Å². The molecule has 0 aliphatic carbocycles. The number of amides is 1. The summed E-state index contributed by atoms with van der Waals surface area (Å²) in [4.78, 5) is 16.1. The summed E-state index contributed by atoms with van der Waals surface area (Å²) < 4.78 is 0. The van der Waals surface area contributed by atoms with Crippen LogP contribution in [0.25, 0.3) is 0 Å². The van der Waals surface area contributed by atoms with E-state index in [0.717, 1.165) is 12.8 Å². The van der Waals surface area contributed by atoms with Crippen molar-refractivity contribution in [3.63, 3.8) is 0 Å². The van der Waals surface area contributed by atoms with E-state index in [1.54, 1.807) is 0 Å².